The molecule has 1 fully saturated rings. The van der Waals surface area contributed by atoms with Crippen LogP contribution >= 0.6 is 0 Å². The average molecular weight is 200 g/mol. The molecule has 0 saturated carbocycles. The van der Waals surface area contributed by atoms with Gasteiger partial charge >= 0.3 is 12.1 Å². The summed E-state index contributed by atoms with van der Waals surface area (Å²) in [6.07, 6.45) is -0.581. The molecule has 0 spiro atoms. The molecule has 1 atom stereocenters. The highest BCUT2D eigenvalue weighted by molar-refractivity contribution is 5.86. The monoisotopic (exact) mass is 200 g/mol. The minimum Gasteiger partial charge on any atom is -0.458 e. The van der Waals surface area contributed by atoms with E-state index < -0.39 is 18.2 Å². The smallest absolute Gasteiger partial charge is 0.458 e. The summed E-state index contributed by atoms with van der Waals surface area (Å²) in [5.74, 6) is -0.479. The fraction of sp³-hybridized carbons (Fsp3) is 0.556. The van der Waals surface area contributed by atoms with Crippen LogP contribution in [0, 0.1) is 0 Å². The van der Waals surface area contributed by atoms with Gasteiger partial charge < -0.3 is 14.2 Å². The largest absolute Gasteiger partial charge is 0.508 e. The standard InChI is InChI=1S/C9H12O5/c1-6(2)8(10)13-5-7-3-4-12-9(11)14-7/h7H,1,3-5H2,2H3. The van der Waals surface area contributed by atoms with E-state index in [0.29, 0.717) is 18.6 Å². The first-order valence-electron chi connectivity index (χ1n) is 4.25. The van der Waals surface area contributed by atoms with Gasteiger partial charge in [0.25, 0.3) is 0 Å². The van der Waals surface area contributed by atoms with Crippen molar-refractivity contribution in [1.82, 2.24) is 0 Å². The van der Waals surface area contributed by atoms with Crippen molar-refractivity contribution in [3.8, 4) is 0 Å². The van der Waals surface area contributed by atoms with Crippen LogP contribution in [-0.2, 0) is 19.0 Å². The number of rotatable bonds is 3. The van der Waals surface area contributed by atoms with Crippen molar-refractivity contribution in [3.63, 3.8) is 0 Å². The van der Waals surface area contributed by atoms with Crippen LogP contribution in [0.1, 0.15) is 13.3 Å². The first-order chi connectivity index (χ1) is 6.59. The Morgan fingerprint density at radius 3 is 3.00 bits per heavy atom. The molecule has 0 aromatic rings. The molecule has 78 valence electrons. The molecule has 1 rings (SSSR count). The number of hydrogen-bond donors (Lipinski definition) is 0. The number of carbonyl (C=O) groups excluding carboxylic acids is 2. The lowest BCUT2D eigenvalue weighted by Gasteiger charge is -2.21. The Morgan fingerprint density at radius 2 is 2.43 bits per heavy atom. The minimum atomic E-state index is -0.715. The molecular weight excluding hydrogens is 188 g/mol. The normalized spacial score (nSPS) is 20.6. The van der Waals surface area contributed by atoms with Gasteiger partial charge in [0, 0.05) is 12.0 Å². The summed E-state index contributed by atoms with van der Waals surface area (Å²) in [6, 6.07) is 0. The number of ether oxygens (including phenoxy) is 3. The van der Waals surface area contributed by atoms with Crippen LogP contribution in [0.4, 0.5) is 4.79 Å². The summed E-state index contributed by atoms with van der Waals surface area (Å²) in [5.41, 5.74) is 0.323. The van der Waals surface area contributed by atoms with Crippen LogP contribution in [0.25, 0.3) is 0 Å². The van der Waals surface area contributed by atoms with E-state index in [9.17, 15) is 9.59 Å². The number of carbonyl (C=O) groups is 2. The highest BCUT2D eigenvalue weighted by atomic mass is 16.7. The third kappa shape index (κ3) is 3.08. The third-order valence-corrected chi connectivity index (χ3v) is 1.67. The van der Waals surface area contributed by atoms with Crippen LogP contribution < -0.4 is 0 Å². The molecule has 1 heterocycles. The Hall–Kier alpha value is -1.52. The van der Waals surface area contributed by atoms with Crippen LogP contribution in [0.3, 0.4) is 0 Å². The van der Waals surface area contributed by atoms with Crippen molar-refractivity contribution >= 4 is 12.1 Å². The van der Waals surface area contributed by atoms with Gasteiger partial charge in [0.15, 0.2) is 0 Å². The lowest BCUT2D eigenvalue weighted by atomic mass is 10.2. The summed E-state index contributed by atoms with van der Waals surface area (Å²) < 4.78 is 14.1. The van der Waals surface area contributed by atoms with Crippen LogP contribution in [0.2, 0.25) is 0 Å². The van der Waals surface area contributed by atoms with Crippen LogP contribution in [0.5, 0.6) is 0 Å². The average Bonchev–Trinajstić information content (AvgIpc) is 2.14. The van der Waals surface area contributed by atoms with Crippen molar-refractivity contribution in [2.45, 2.75) is 19.4 Å². The van der Waals surface area contributed by atoms with E-state index in [1.54, 1.807) is 6.92 Å². The zero-order valence-electron chi connectivity index (χ0n) is 7.95. The van der Waals surface area contributed by atoms with Crippen LogP contribution in [-0.4, -0.2) is 31.4 Å². The molecule has 5 heteroatoms. The first kappa shape index (κ1) is 10.6. The van der Waals surface area contributed by atoms with Gasteiger partial charge in [-0.05, 0) is 6.92 Å². The maximum absolute atomic E-state index is 11.0. The zero-order chi connectivity index (χ0) is 10.6. The molecule has 14 heavy (non-hydrogen) atoms. The molecule has 0 radical (unpaired) electrons. The summed E-state index contributed by atoms with van der Waals surface area (Å²) in [5, 5.41) is 0. The van der Waals surface area contributed by atoms with Gasteiger partial charge in [-0.25, -0.2) is 9.59 Å². The second-order valence-corrected chi connectivity index (χ2v) is 3.01. The summed E-state index contributed by atoms with van der Waals surface area (Å²) in [7, 11) is 0. The Kier molecular flexibility index (Phi) is 3.50. The van der Waals surface area contributed by atoms with Gasteiger partial charge in [-0.2, -0.15) is 0 Å². The Labute approximate surface area is 81.6 Å². The molecule has 0 aliphatic carbocycles. The number of hydrogen-bond acceptors (Lipinski definition) is 5. The highest BCUT2D eigenvalue weighted by Crippen LogP contribution is 2.09. The van der Waals surface area contributed by atoms with Crippen molar-refractivity contribution < 1.29 is 23.8 Å². The minimum absolute atomic E-state index is 0.0563. The maximum Gasteiger partial charge on any atom is 0.508 e. The Morgan fingerprint density at radius 1 is 1.71 bits per heavy atom. The predicted molar refractivity (Wildman–Crippen MR) is 46.6 cm³/mol. The lowest BCUT2D eigenvalue weighted by Crippen LogP contribution is -2.31. The highest BCUT2D eigenvalue weighted by Gasteiger charge is 2.22. The molecule has 0 bridgehead atoms. The summed E-state index contributed by atoms with van der Waals surface area (Å²) >= 11 is 0. The third-order valence-electron chi connectivity index (χ3n) is 1.67. The Balaban J connectivity index is 2.27. The molecule has 0 amide bonds. The van der Waals surface area contributed by atoms with E-state index in [1.165, 1.54) is 0 Å². The van der Waals surface area contributed by atoms with Crippen molar-refractivity contribution in [2.75, 3.05) is 13.2 Å². The van der Waals surface area contributed by atoms with Crippen molar-refractivity contribution in [1.29, 1.82) is 0 Å². The van der Waals surface area contributed by atoms with E-state index in [1.807, 2.05) is 0 Å². The molecule has 1 aliphatic rings. The van der Waals surface area contributed by atoms with Crippen LogP contribution in [0.15, 0.2) is 12.2 Å². The number of esters is 1. The molecule has 5 nitrogen and oxygen atoms in total. The molecule has 0 aromatic heterocycles. The molecular formula is C9H12O5. The molecule has 1 aliphatic heterocycles. The molecule has 0 aromatic carbocycles. The molecule has 1 unspecified atom stereocenters. The van der Waals surface area contributed by atoms with E-state index in [-0.39, 0.29) is 6.61 Å². The fourth-order valence-electron chi connectivity index (χ4n) is 0.912. The van der Waals surface area contributed by atoms with Crippen molar-refractivity contribution in [2.24, 2.45) is 0 Å². The fourth-order valence-corrected chi connectivity index (χ4v) is 0.912. The lowest BCUT2D eigenvalue weighted by molar-refractivity contribution is -0.144. The van der Waals surface area contributed by atoms with Gasteiger partial charge in [0.05, 0.1) is 6.61 Å². The topological polar surface area (TPSA) is 61.8 Å². The SMILES string of the molecule is C=C(C)C(=O)OCC1CCOC(=O)O1. The molecule has 0 N–H and O–H groups in total. The molecule has 1 saturated heterocycles. The second-order valence-electron chi connectivity index (χ2n) is 3.01. The summed E-state index contributed by atoms with van der Waals surface area (Å²) in [6.45, 7) is 5.34. The van der Waals surface area contributed by atoms with E-state index in [2.05, 4.69) is 11.3 Å². The predicted octanol–water partition coefficient (Wildman–Crippen LogP) is 1.03. The Bertz CT molecular complexity index is 258. The van der Waals surface area contributed by atoms with E-state index in [0.717, 1.165) is 0 Å². The van der Waals surface area contributed by atoms with Gasteiger partial charge in [0.2, 0.25) is 0 Å². The van der Waals surface area contributed by atoms with Gasteiger partial charge in [-0.15, -0.1) is 0 Å². The van der Waals surface area contributed by atoms with Gasteiger partial charge in [-0.1, -0.05) is 6.58 Å². The van der Waals surface area contributed by atoms with Gasteiger partial charge in [-0.3, -0.25) is 0 Å². The number of cyclic esters (lactones) is 2. The van der Waals surface area contributed by atoms with Gasteiger partial charge in [0.1, 0.15) is 12.7 Å². The summed E-state index contributed by atoms with van der Waals surface area (Å²) in [4.78, 5) is 21.6. The van der Waals surface area contributed by atoms with E-state index in [4.69, 9.17) is 9.47 Å². The zero-order valence-corrected chi connectivity index (χ0v) is 7.95. The van der Waals surface area contributed by atoms with E-state index >= 15 is 0 Å². The first-order valence-corrected chi connectivity index (χ1v) is 4.25. The maximum atomic E-state index is 11.0. The quantitative estimate of drug-likeness (QED) is 0.503. The second kappa shape index (κ2) is 4.64. The van der Waals surface area contributed by atoms with Crippen molar-refractivity contribution in [3.05, 3.63) is 12.2 Å².